The highest BCUT2D eigenvalue weighted by molar-refractivity contribution is 7.26. The van der Waals surface area contributed by atoms with Gasteiger partial charge in [0, 0.05) is 84.1 Å². The molecule has 0 saturated heterocycles. The number of rotatable bonds is 4. The molecule has 0 bridgehead atoms. The number of halogens is 5. The first-order chi connectivity index (χ1) is 31.3. The molecule has 0 aliphatic heterocycles. The maximum absolute atomic E-state index is 17.3. The second kappa shape index (κ2) is 13.6. The molecule has 306 valence electrons. The van der Waals surface area contributed by atoms with Crippen LogP contribution in [0.15, 0.2) is 176 Å². The van der Waals surface area contributed by atoms with E-state index < -0.39 is 23.4 Å². The minimum atomic E-state index is -5.08. The van der Waals surface area contributed by atoms with Gasteiger partial charge >= 0.3 is 6.18 Å². The highest BCUT2D eigenvalue weighted by Crippen LogP contribution is 2.53. The molecule has 9 heteroatoms. The third kappa shape index (κ3) is 5.16. The fourth-order valence-corrected chi connectivity index (χ4v) is 12.4. The first-order valence-electron chi connectivity index (χ1n) is 20.7. The summed E-state index contributed by atoms with van der Waals surface area (Å²) in [6, 6.07) is 52.0. The summed E-state index contributed by atoms with van der Waals surface area (Å²) >= 11 is 3.26. The number of alkyl halides is 3. The molecule has 0 saturated carbocycles. The Balaban J connectivity index is 1.31. The van der Waals surface area contributed by atoms with Crippen LogP contribution in [-0.4, -0.2) is 9.13 Å². The summed E-state index contributed by atoms with van der Waals surface area (Å²) < 4.78 is 92.5. The van der Waals surface area contributed by atoms with Crippen molar-refractivity contribution in [3.63, 3.8) is 0 Å². The van der Waals surface area contributed by atoms with E-state index in [1.54, 1.807) is 50.0 Å². The highest BCUT2D eigenvalue weighted by Gasteiger charge is 2.43. The summed E-state index contributed by atoms with van der Waals surface area (Å²) in [6.07, 6.45) is -5.08. The van der Waals surface area contributed by atoms with Crippen LogP contribution in [-0.2, 0) is 6.18 Å². The maximum atomic E-state index is 17.3. The normalized spacial score (nSPS) is 12.5. The number of hydrogen-bond acceptors (Lipinski definition) is 2. The van der Waals surface area contributed by atoms with Crippen LogP contribution in [0.4, 0.5) is 22.0 Å². The smallest absolute Gasteiger partial charge is 0.308 e. The zero-order chi connectivity index (χ0) is 43.0. The molecule has 4 aromatic heterocycles. The molecule has 0 N–H and O–H groups in total. The first kappa shape index (κ1) is 37.2. The van der Waals surface area contributed by atoms with Crippen LogP contribution >= 0.6 is 22.7 Å². The van der Waals surface area contributed by atoms with Gasteiger partial charge in [-0.1, -0.05) is 109 Å². The van der Waals surface area contributed by atoms with Gasteiger partial charge in [0.2, 0.25) is 0 Å². The predicted molar refractivity (Wildman–Crippen MR) is 257 cm³/mol. The lowest BCUT2D eigenvalue weighted by Crippen LogP contribution is -2.18. The van der Waals surface area contributed by atoms with Crippen molar-refractivity contribution in [2.24, 2.45) is 0 Å². The molecular weight excluding hydrogens is 848 g/mol. The van der Waals surface area contributed by atoms with Crippen LogP contribution in [0.1, 0.15) is 5.56 Å². The monoisotopic (exact) mass is 876 g/mol. The number of benzene rings is 9. The van der Waals surface area contributed by atoms with E-state index in [1.807, 2.05) is 109 Å². The molecular formula is C55H29F5N2S2. The summed E-state index contributed by atoms with van der Waals surface area (Å²) in [5.74, 6) is -1.42. The van der Waals surface area contributed by atoms with Crippen LogP contribution in [0, 0.1) is 11.6 Å². The standard InChI is InChI=1S/C55H29F5N2S2/c56-38-19-7-1-13-30(38)36-29-37(31-14-2-8-20-39(31)57)54(62-41-22-10-4-16-33(41)49-43(62)26-28-47-51(49)35-18-6-12-24-45(35)64-47)52(55(58,59)60)53(36)61-40-21-9-3-15-32(40)48-42(61)25-27-46-50(48)34-17-5-11-23-44(34)63-46/h1-29H. The molecule has 0 spiro atoms. The predicted octanol–water partition coefficient (Wildman–Crippen LogP) is 17.2. The van der Waals surface area contributed by atoms with Crippen molar-refractivity contribution in [1.29, 1.82) is 0 Å². The zero-order valence-electron chi connectivity index (χ0n) is 33.3. The van der Waals surface area contributed by atoms with Gasteiger partial charge < -0.3 is 9.13 Å². The molecule has 0 aliphatic rings. The van der Waals surface area contributed by atoms with E-state index >= 15 is 22.0 Å². The van der Waals surface area contributed by atoms with E-state index in [9.17, 15) is 0 Å². The van der Waals surface area contributed by atoms with Crippen molar-refractivity contribution in [3.05, 3.63) is 193 Å². The fourth-order valence-electron chi connectivity index (χ4n) is 10.2. The summed E-state index contributed by atoms with van der Waals surface area (Å²) in [5.41, 5.74) is 0.386. The van der Waals surface area contributed by atoms with E-state index in [4.69, 9.17) is 0 Å². The summed E-state index contributed by atoms with van der Waals surface area (Å²) in [4.78, 5) is 0. The van der Waals surface area contributed by atoms with Crippen molar-refractivity contribution >= 4 is 107 Å². The van der Waals surface area contributed by atoms with Gasteiger partial charge in [0.1, 0.15) is 17.2 Å². The third-order valence-corrected chi connectivity index (χ3v) is 15.0. The minimum absolute atomic E-state index is 0.0302. The Bertz CT molecular complexity index is 3850. The van der Waals surface area contributed by atoms with Gasteiger partial charge in [0.25, 0.3) is 0 Å². The van der Waals surface area contributed by atoms with Crippen molar-refractivity contribution in [1.82, 2.24) is 9.13 Å². The Morgan fingerprint density at radius 3 is 1.17 bits per heavy atom. The molecule has 0 fully saturated rings. The number of thiophene rings is 2. The molecule has 0 aliphatic carbocycles. The first-order valence-corrected chi connectivity index (χ1v) is 22.3. The fraction of sp³-hybridized carbons (Fsp3) is 0.0182. The number of hydrogen-bond donors (Lipinski definition) is 0. The van der Waals surface area contributed by atoms with Crippen LogP contribution < -0.4 is 0 Å². The summed E-state index contributed by atoms with van der Waals surface area (Å²) in [5, 5.41) is 6.95. The Morgan fingerprint density at radius 1 is 0.344 bits per heavy atom. The number of para-hydroxylation sites is 2. The second-order valence-electron chi connectivity index (χ2n) is 16.1. The molecule has 0 radical (unpaired) electrons. The lowest BCUT2D eigenvalue weighted by atomic mass is 9.90. The average Bonchev–Trinajstić information content (AvgIpc) is 4.06. The lowest BCUT2D eigenvalue weighted by molar-refractivity contribution is -0.137. The van der Waals surface area contributed by atoms with Crippen LogP contribution in [0.5, 0.6) is 0 Å². The van der Waals surface area contributed by atoms with Crippen LogP contribution in [0.3, 0.4) is 0 Å². The van der Waals surface area contributed by atoms with Crippen molar-refractivity contribution < 1.29 is 22.0 Å². The number of fused-ring (bicyclic) bond motifs is 14. The molecule has 4 heterocycles. The summed E-state index contributed by atoms with van der Waals surface area (Å²) in [6.45, 7) is 0. The van der Waals surface area contributed by atoms with Gasteiger partial charge in [-0.15, -0.1) is 22.7 Å². The average molecular weight is 877 g/mol. The Hall–Kier alpha value is -7.33. The van der Waals surface area contributed by atoms with Crippen LogP contribution in [0.2, 0.25) is 0 Å². The SMILES string of the molecule is Fc1ccccc1-c1cc(-c2ccccc2F)c(-n2c3ccccc3c3c4c(ccc32)sc2ccccc24)c(C(F)(F)F)c1-n1c2ccccc2c2c3c(ccc21)sc1ccccc13. The largest absolute Gasteiger partial charge is 0.420 e. The molecule has 2 nitrogen and oxygen atoms in total. The van der Waals surface area contributed by atoms with Crippen LogP contribution in [0.25, 0.3) is 118 Å². The van der Waals surface area contributed by atoms with Gasteiger partial charge in [-0.05, 0) is 66.7 Å². The Kier molecular flexibility index (Phi) is 7.91. The Morgan fingerprint density at radius 2 is 0.734 bits per heavy atom. The number of aromatic nitrogens is 2. The lowest BCUT2D eigenvalue weighted by Gasteiger charge is -2.27. The van der Waals surface area contributed by atoms with Gasteiger partial charge in [-0.2, -0.15) is 13.2 Å². The maximum Gasteiger partial charge on any atom is 0.420 e. The van der Waals surface area contributed by atoms with Crippen molar-refractivity contribution in [2.75, 3.05) is 0 Å². The van der Waals surface area contributed by atoms with Gasteiger partial charge in [-0.3, -0.25) is 0 Å². The van der Waals surface area contributed by atoms with Gasteiger partial charge in [-0.25, -0.2) is 8.78 Å². The molecule has 13 rings (SSSR count). The van der Waals surface area contributed by atoms with E-state index in [2.05, 4.69) is 12.1 Å². The van der Waals surface area contributed by atoms with Crippen molar-refractivity contribution in [3.8, 4) is 33.6 Å². The van der Waals surface area contributed by atoms with Gasteiger partial charge in [0.05, 0.1) is 33.4 Å². The van der Waals surface area contributed by atoms with E-state index in [-0.39, 0.29) is 33.6 Å². The highest BCUT2D eigenvalue weighted by atomic mass is 32.1. The molecule has 0 amide bonds. The second-order valence-corrected chi connectivity index (χ2v) is 18.2. The molecule has 9 aromatic carbocycles. The number of nitrogens with zero attached hydrogens (tertiary/aromatic N) is 2. The van der Waals surface area contributed by atoms with E-state index in [0.717, 1.165) is 61.9 Å². The molecule has 0 atom stereocenters. The Labute approximate surface area is 368 Å². The summed E-state index contributed by atoms with van der Waals surface area (Å²) in [7, 11) is 0. The van der Waals surface area contributed by atoms with Gasteiger partial charge in [0.15, 0.2) is 0 Å². The minimum Gasteiger partial charge on any atom is -0.308 e. The van der Waals surface area contributed by atoms with Crippen molar-refractivity contribution in [2.45, 2.75) is 6.18 Å². The molecule has 13 aromatic rings. The topological polar surface area (TPSA) is 9.86 Å². The zero-order valence-corrected chi connectivity index (χ0v) is 35.0. The third-order valence-electron chi connectivity index (χ3n) is 12.7. The molecule has 64 heavy (non-hydrogen) atoms. The van der Waals surface area contributed by atoms with E-state index in [0.29, 0.717) is 22.1 Å². The van der Waals surface area contributed by atoms with E-state index in [1.165, 1.54) is 36.4 Å². The quantitative estimate of drug-likeness (QED) is 0.156. The molecule has 0 unspecified atom stereocenters.